The third-order valence-corrected chi connectivity index (χ3v) is 4.43. The zero-order valence-electron chi connectivity index (χ0n) is 16.6. The van der Waals surface area contributed by atoms with Crippen LogP contribution in [0.2, 0.25) is 0 Å². The first-order valence-corrected chi connectivity index (χ1v) is 9.55. The Morgan fingerprint density at radius 3 is 2.41 bits per heavy atom. The van der Waals surface area contributed by atoms with Gasteiger partial charge in [0.15, 0.2) is 6.61 Å². The predicted octanol–water partition coefficient (Wildman–Crippen LogP) is 5.13. The minimum absolute atomic E-state index is 0.0493. The first-order valence-electron chi connectivity index (χ1n) is 9.55. The summed E-state index contributed by atoms with van der Waals surface area (Å²) in [7, 11) is 0. The number of carbonyl (C=O) groups is 1. The molecule has 0 saturated carbocycles. The molecule has 0 unspecified atom stereocenters. The van der Waals surface area contributed by atoms with Gasteiger partial charge >= 0.3 is 6.18 Å². The van der Waals surface area contributed by atoms with Crippen LogP contribution in [0.15, 0.2) is 85.3 Å². The summed E-state index contributed by atoms with van der Waals surface area (Å²) < 4.78 is 43.2. The van der Waals surface area contributed by atoms with Gasteiger partial charge < -0.3 is 10.1 Å². The third-order valence-electron chi connectivity index (χ3n) is 4.43. The molecular formula is C23H17F3N4O2. The SMILES string of the molecule is O=C(Nc1ccc(OCC(F)(F)F)cc1)c1cn(-c2ccccc2)nc1-c1cccnc1. The van der Waals surface area contributed by atoms with E-state index >= 15 is 0 Å². The summed E-state index contributed by atoms with van der Waals surface area (Å²) in [5.41, 5.74) is 2.62. The second-order valence-corrected chi connectivity index (χ2v) is 6.80. The Hall–Kier alpha value is -4.14. The summed E-state index contributed by atoms with van der Waals surface area (Å²) in [6.07, 6.45) is 0.434. The number of aromatic nitrogens is 3. The van der Waals surface area contributed by atoms with E-state index in [0.29, 0.717) is 22.5 Å². The van der Waals surface area contributed by atoms with Gasteiger partial charge in [0.05, 0.1) is 11.3 Å². The average Bonchev–Trinajstić information content (AvgIpc) is 3.25. The summed E-state index contributed by atoms with van der Waals surface area (Å²) >= 11 is 0. The highest BCUT2D eigenvalue weighted by Gasteiger charge is 2.28. The smallest absolute Gasteiger partial charge is 0.422 e. The molecular weight excluding hydrogens is 421 g/mol. The highest BCUT2D eigenvalue weighted by molar-refractivity contribution is 6.08. The van der Waals surface area contributed by atoms with E-state index in [-0.39, 0.29) is 5.75 Å². The van der Waals surface area contributed by atoms with E-state index < -0.39 is 18.7 Å². The number of ether oxygens (including phenoxy) is 1. The molecule has 0 aliphatic rings. The molecule has 1 N–H and O–H groups in total. The van der Waals surface area contributed by atoms with E-state index in [4.69, 9.17) is 0 Å². The number of hydrogen-bond acceptors (Lipinski definition) is 4. The zero-order chi connectivity index (χ0) is 22.6. The lowest BCUT2D eigenvalue weighted by atomic mass is 10.1. The molecule has 1 amide bonds. The molecule has 0 aliphatic heterocycles. The van der Waals surface area contributed by atoms with Crippen molar-refractivity contribution in [2.24, 2.45) is 0 Å². The van der Waals surface area contributed by atoms with Gasteiger partial charge in [-0.3, -0.25) is 9.78 Å². The van der Waals surface area contributed by atoms with Crippen molar-refractivity contribution in [3.63, 3.8) is 0 Å². The van der Waals surface area contributed by atoms with E-state index in [1.54, 1.807) is 35.4 Å². The fourth-order valence-electron chi connectivity index (χ4n) is 2.97. The number of carbonyl (C=O) groups excluding carboxylic acids is 1. The number of hydrogen-bond donors (Lipinski definition) is 1. The molecule has 0 radical (unpaired) electrons. The molecule has 0 bridgehead atoms. The lowest BCUT2D eigenvalue weighted by molar-refractivity contribution is -0.153. The maximum Gasteiger partial charge on any atom is 0.422 e. The van der Waals surface area contributed by atoms with Crippen molar-refractivity contribution in [1.82, 2.24) is 14.8 Å². The molecule has 2 heterocycles. The van der Waals surface area contributed by atoms with Crippen LogP contribution in [0.3, 0.4) is 0 Å². The van der Waals surface area contributed by atoms with E-state index in [9.17, 15) is 18.0 Å². The zero-order valence-corrected chi connectivity index (χ0v) is 16.6. The second kappa shape index (κ2) is 8.93. The molecule has 6 nitrogen and oxygen atoms in total. The van der Waals surface area contributed by atoms with Gasteiger partial charge in [0, 0.05) is 29.8 Å². The highest BCUT2D eigenvalue weighted by Crippen LogP contribution is 2.25. The number of halogens is 3. The van der Waals surface area contributed by atoms with E-state index in [1.165, 1.54) is 24.3 Å². The summed E-state index contributed by atoms with van der Waals surface area (Å²) in [4.78, 5) is 17.1. The van der Waals surface area contributed by atoms with E-state index in [1.807, 2.05) is 30.3 Å². The Kier molecular flexibility index (Phi) is 5.89. The predicted molar refractivity (Wildman–Crippen MR) is 113 cm³/mol. The fraction of sp³-hybridized carbons (Fsp3) is 0.0870. The molecule has 2 aromatic heterocycles. The Morgan fingerprint density at radius 1 is 1.00 bits per heavy atom. The van der Waals surface area contributed by atoms with Gasteiger partial charge in [-0.05, 0) is 48.5 Å². The second-order valence-electron chi connectivity index (χ2n) is 6.80. The molecule has 9 heteroatoms. The summed E-state index contributed by atoms with van der Waals surface area (Å²) in [5.74, 6) is -0.372. The van der Waals surface area contributed by atoms with Crippen molar-refractivity contribution in [1.29, 1.82) is 0 Å². The Morgan fingerprint density at radius 2 is 1.75 bits per heavy atom. The molecule has 4 rings (SSSR count). The number of benzene rings is 2. The average molecular weight is 438 g/mol. The maximum absolute atomic E-state index is 13.0. The van der Waals surface area contributed by atoms with Gasteiger partial charge in [-0.1, -0.05) is 18.2 Å². The van der Waals surface area contributed by atoms with Crippen LogP contribution in [-0.4, -0.2) is 33.5 Å². The topological polar surface area (TPSA) is 69.0 Å². The van der Waals surface area contributed by atoms with Gasteiger partial charge in [-0.15, -0.1) is 0 Å². The molecule has 0 spiro atoms. The maximum atomic E-state index is 13.0. The number of alkyl halides is 3. The van der Waals surface area contributed by atoms with Crippen molar-refractivity contribution < 1.29 is 22.7 Å². The fourth-order valence-corrected chi connectivity index (χ4v) is 2.97. The standard InChI is InChI=1S/C23H17F3N4O2/c24-23(25,26)15-32-19-10-8-17(9-11-19)28-22(31)20-14-30(18-6-2-1-3-7-18)29-21(20)16-5-4-12-27-13-16/h1-14H,15H2,(H,28,31). The van der Waals surface area contributed by atoms with Crippen LogP contribution in [0, 0.1) is 0 Å². The largest absolute Gasteiger partial charge is 0.484 e. The van der Waals surface area contributed by atoms with Crippen LogP contribution in [0.5, 0.6) is 5.75 Å². The van der Waals surface area contributed by atoms with Gasteiger partial charge in [0.25, 0.3) is 5.91 Å². The molecule has 0 fully saturated rings. The lowest BCUT2D eigenvalue weighted by Gasteiger charge is -2.10. The summed E-state index contributed by atoms with van der Waals surface area (Å²) in [5, 5.41) is 7.31. The number of pyridine rings is 1. The van der Waals surface area contributed by atoms with Gasteiger partial charge in [0.1, 0.15) is 11.4 Å². The highest BCUT2D eigenvalue weighted by atomic mass is 19.4. The van der Waals surface area contributed by atoms with Crippen LogP contribution < -0.4 is 10.1 Å². The minimum Gasteiger partial charge on any atom is -0.484 e. The Labute approximate surface area is 181 Å². The van der Waals surface area contributed by atoms with Crippen molar-refractivity contribution in [2.75, 3.05) is 11.9 Å². The Bertz CT molecular complexity index is 1190. The normalized spacial score (nSPS) is 11.2. The molecule has 0 atom stereocenters. The molecule has 2 aromatic carbocycles. The monoisotopic (exact) mass is 438 g/mol. The lowest BCUT2D eigenvalue weighted by Crippen LogP contribution is -2.19. The van der Waals surface area contributed by atoms with Crippen molar-refractivity contribution in [3.05, 3.63) is 90.9 Å². The number of amides is 1. The van der Waals surface area contributed by atoms with Crippen molar-refractivity contribution in [3.8, 4) is 22.7 Å². The molecule has 0 saturated heterocycles. The van der Waals surface area contributed by atoms with Crippen molar-refractivity contribution >= 4 is 11.6 Å². The molecule has 0 aliphatic carbocycles. The number of nitrogens with one attached hydrogen (secondary N) is 1. The minimum atomic E-state index is -4.42. The molecule has 162 valence electrons. The van der Waals surface area contributed by atoms with Crippen LogP contribution in [-0.2, 0) is 0 Å². The molecule has 32 heavy (non-hydrogen) atoms. The first kappa shape index (κ1) is 21.1. The van der Waals surface area contributed by atoms with Crippen LogP contribution in [0.1, 0.15) is 10.4 Å². The van der Waals surface area contributed by atoms with Crippen LogP contribution in [0.25, 0.3) is 16.9 Å². The van der Waals surface area contributed by atoms with Gasteiger partial charge in [0.2, 0.25) is 0 Å². The van der Waals surface area contributed by atoms with Crippen molar-refractivity contribution in [2.45, 2.75) is 6.18 Å². The number of nitrogens with zero attached hydrogens (tertiary/aromatic N) is 3. The third kappa shape index (κ3) is 5.12. The Balaban J connectivity index is 1.58. The number of rotatable bonds is 6. The van der Waals surface area contributed by atoms with Gasteiger partial charge in [-0.2, -0.15) is 18.3 Å². The van der Waals surface area contributed by atoms with E-state index in [0.717, 1.165) is 5.69 Å². The number of anilines is 1. The van der Waals surface area contributed by atoms with Crippen LogP contribution >= 0.6 is 0 Å². The number of para-hydroxylation sites is 1. The van der Waals surface area contributed by atoms with Gasteiger partial charge in [-0.25, -0.2) is 4.68 Å². The molecule has 4 aromatic rings. The van der Waals surface area contributed by atoms with E-state index in [2.05, 4.69) is 20.1 Å². The van der Waals surface area contributed by atoms with Crippen LogP contribution in [0.4, 0.5) is 18.9 Å². The summed E-state index contributed by atoms with van der Waals surface area (Å²) in [6.45, 7) is -1.38. The quantitative estimate of drug-likeness (QED) is 0.453. The first-order chi connectivity index (χ1) is 15.4. The summed E-state index contributed by atoms with van der Waals surface area (Å²) in [6, 6.07) is 18.5.